The van der Waals surface area contributed by atoms with E-state index in [2.05, 4.69) is 10.6 Å². The Labute approximate surface area is 140 Å². The Hall–Kier alpha value is -2.76. The van der Waals surface area contributed by atoms with Gasteiger partial charge in [-0.25, -0.2) is 0 Å². The van der Waals surface area contributed by atoms with Crippen LogP contribution < -0.4 is 15.4 Å². The second-order valence-corrected chi connectivity index (χ2v) is 5.72. The van der Waals surface area contributed by atoms with Crippen molar-refractivity contribution in [2.24, 2.45) is 5.92 Å². The maximum absolute atomic E-state index is 12.2. The van der Waals surface area contributed by atoms with Crippen LogP contribution in [0.5, 0.6) is 5.75 Å². The fourth-order valence-corrected chi connectivity index (χ4v) is 2.57. The lowest BCUT2D eigenvalue weighted by Crippen LogP contribution is -2.28. The predicted molar refractivity (Wildman–Crippen MR) is 88.8 cm³/mol. The van der Waals surface area contributed by atoms with E-state index in [-0.39, 0.29) is 30.3 Å². The van der Waals surface area contributed by atoms with Gasteiger partial charge in [-0.3, -0.25) is 9.59 Å². The molecule has 2 N–H and O–H groups in total. The number of carbonyl (C=O) groups excluding carboxylic acids is 2. The predicted octanol–water partition coefficient (Wildman–Crippen LogP) is 2.54. The fourth-order valence-electron chi connectivity index (χ4n) is 2.57. The molecule has 6 heteroatoms. The maximum Gasteiger partial charge on any atom is 0.257 e. The molecule has 1 aromatic heterocycles. The third kappa shape index (κ3) is 3.95. The first kappa shape index (κ1) is 16.1. The zero-order valence-electron chi connectivity index (χ0n) is 13.5. The summed E-state index contributed by atoms with van der Waals surface area (Å²) in [6.45, 7) is 2.41. The number of rotatable bonds is 7. The van der Waals surface area contributed by atoms with Crippen molar-refractivity contribution >= 4 is 17.5 Å². The van der Waals surface area contributed by atoms with Gasteiger partial charge in [0.25, 0.3) is 5.91 Å². The van der Waals surface area contributed by atoms with Crippen LogP contribution in [0.2, 0.25) is 0 Å². The molecule has 0 radical (unpaired) electrons. The number of nitrogens with one attached hydrogen (secondary N) is 2. The Kier molecular flexibility index (Phi) is 4.84. The number of anilines is 1. The van der Waals surface area contributed by atoms with Crippen LogP contribution in [-0.4, -0.2) is 25.0 Å². The smallest absolute Gasteiger partial charge is 0.257 e. The van der Waals surface area contributed by atoms with Crippen LogP contribution in [-0.2, 0) is 9.59 Å². The molecule has 24 heavy (non-hydrogen) atoms. The zero-order chi connectivity index (χ0) is 16.9. The quantitative estimate of drug-likeness (QED) is 0.818. The lowest BCUT2D eigenvalue weighted by atomic mass is 10.2. The highest BCUT2D eigenvalue weighted by atomic mass is 16.5. The van der Waals surface area contributed by atoms with Crippen molar-refractivity contribution in [2.45, 2.75) is 19.3 Å². The van der Waals surface area contributed by atoms with Crippen molar-refractivity contribution in [3.8, 4) is 5.75 Å². The third-order valence-corrected chi connectivity index (χ3v) is 3.90. The van der Waals surface area contributed by atoms with Gasteiger partial charge < -0.3 is 19.8 Å². The van der Waals surface area contributed by atoms with Crippen LogP contribution >= 0.6 is 0 Å². The topological polar surface area (TPSA) is 80.6 Å². The van der Waals surface area contributed by atoms with Gasteiger partial charge in [0.15, 0.2) is 6.61 Å². The highest BCUT2D eigenvalue weighted by molar-refractivity contribution is 5.95. The van der Waals surface area contributed by atoms with E-state index in [1.807, 2.05) is 19.1 Å². The number of amides is 2. The number of ether oxygens (including phenoxy) is 1. The average molecular weight is 328 g/mol. The molecule has 126 valence electrons. The number of hydrogen-bond donors (Lipinski definition) is 2. The van der Waals surface area contributed by atoms with E-state index in [9.17, 15) is 9.59 Å². The molecule has 0 aliphatic heterocycles. The summed E-state index contributed by atoms with van der Waals surface area (Å²) in [5.74, 6) is 1.42. The molecular formula is C18H20N2O4. The minimum absolute atomic E-state index is 0.00704. The highest BCUT2D eigenvalue weighted by Crippen LogP contribution is 2.48. The molecule has 0 spiro atoms. The molecule has 2 atom stereocenters. The van der Waals surface area contributed by atoms with E-state index in [1.165, 1.54) is 0 Å². The summed E-state index contributed by atoms with van der Waals surface area (Å²) in [6.07, 6.45) is 2.44. The summed E-state index contributed by atoms with van der Waals surface area (Å²) in [5.41, 5.74) is 0.704. The van der Waals surface area contributed by atoms with Gasteiger partial charge in [-0.1, -0.05) is 0 Å². The van der Waals surface area contributed by atoms with Gasteiger partial charge in [0, 0.05) is 24.1 Å². The Morgan fingerprint density at radius 1 is 1.25 bits per heavy atom. The molecule has 1 heterocycles. The normalized spacial score (nSPS) is 18.7. The van der Waals surface area contributed by atoms with Crippen LogP contribution in [0.25, 0.3) is 0 Å². The number of carbonyl (C=O) groups is 2. The average Bonchev–Trinajstić information content (AvgIpc) is 3.20. The molecule has 1 aromatic carbocycles. The van der Waals surface area contributed by atoms with Crippen LogP contribution in [0.1, 0.15) is 25.0 Å². The van der Waals surface area contributed by atoms with Crippen molar-refractivity contribution in [1.29, 1.82) is 0 Å². The second kappa shape index (κ2) is 7.21. The SMILES string of the molecule is CCNC(=O)COc1ccc(NC(=O)C2CC2c2ccco2)cc1. The Morgan fingerprint density at radius 2 is 2.04 bits per heavy atom. The van der Waals surface area contributed by atoms with Gasteiger partial charge >= 0.3 is 0 Å². The molecule has 6 nitrogen and oxygen atoms in total. The summed E-state index contributed by atoms with van der Waals surface area (Å²) in [5, 5.41) is 5.55. The highest BCUT2D eigenvalue weighted by Gasteiger charge is 2.45. The minimum Gasteiger partial charge on any atom is -0.484 e. The van der Waals surface area contributed by atoms with Crippen LogP contribution in [0.3, 0.4) is 0 Å². The summed E-state index contributed by atoms with van der Waals surface area (Å²) in [7, 11) is 0. The van der Waals surface area contributed by atoms with Gasteiger partial charge in [-0.15, -0.1) is 0 Å². The van der Waals surface area contributed by atoms with Crippen molar-refractivity contribution < 1.29 is 18.7 Å². The number of furan rings is 1. The fraction of sp³-hybridized carbons (Fsp3) is 0.333. The summed E-state index contributed by atoms with van der Waals surface area (Å²) in [6, 6.07) is 10.7. The van der Waals surface area contributed by atoms with Crippen LogP contribution in [0.15, 0.2) is 47.1 Å². The Morgan fingerprint density at radius 3 is 2.71 bits per heavy atom. The largest absolute Gasteiger partial charge is 0.484 e. The molecule has 2 unspecified atom stereocenters. The summed E-state index contributed by atoms with van der Waals surface area (Å²) >= 11 is 0. The Balaban J connectivity index is 1.48. The molecule has 2 amide bonds. The van der Waals surface area contributed by atoms with E-state index in [0.29, 0.717) is 18.0 Å². The molecule has 1 saturated carbocycles. The zero-order valence-corrected chi connectivity index (χ0v) is 13.5. The standard InChI is InChI=1S/C18H20N2O4/c1-2-19-17(21)11-24-13-7-5-12(6-8-13)20-18(22)15-10-14(15)16-4-3-9-23-16/h3-9,14-15H,2,10-11H2,1H3,(H,19,21)(H,20,22). The first-order valence-corrected chi connectivity index (χ1v) is 8.01. The molecule has 0 bridgehead atoms. The lowest BCUT2D eigenvalue weighted by molar-refractivity contribution is -0.123. The van der Waals surface area contributed by atoms with Crippen molar-refractivity contribution in [1.82, 2.24) is 5.32 Å². The van der Waals surface area contributed by atoms with Gasteiger partial charge in [-0.05, 0) is 49.7 Å². The van der Waals surface area contributed by atoms with E-state index in [0.717, 1.165) is 12.2 Å². The molecule has 1 fully saturated rings. The summed E-state index contributed by atoms with van der Waals surface area (Å²) < 4.78 is 10.7. The molecule has 1 aliphatic rings. The van der Waals surface area contributed by atoms with Crippen molar-refractivity contribution in [2.75, 3.05) is 18.5 Å². The number of hydrogen-bond acceptors (Lipinski definition) is 4. The molecule has 3 rings (SSSR count). The van der Waals surface area contributed by atoms with Gasteiger partial charge in [-0.2, -0.15) is 0 Å². The minimum atomic E-state index is -0.160. The molecule has 1 aliphatic carbocycles. The lowest BCUT2D eigenvalue weighted by Gasteiger charge is -2.08. The Bertz CT molecular complexity index is 694. The number of benzene rings is 1. The van der Waals surface area contributed by atoms with E-state index >= 15 is 0 Å². The first-order valence-electron chi connectivity index (χ1n) is 8.01. The van der Waals surface area contributed by atoms with E-state index in [1.54, 1.807) is 30.5 Å². The summed E-state index contributed by atoms with van der Waals surface area (Å²) in [4.78, 5) is 23.6. The van der Waals surface area contributed by atoms with Crippen LogP contribution in [0, 0.1) is 5.92 Å². The third-order valence-electron chi connectivity index (χ3n) is 3.90. The molecule has 2 aromatic rings. The number of likely N-dealkylation sites (N-methyl/N-ethyl adjacent to an activating group) is 1. The van der Waals surface area contributed by atoms with Crippen molar-refractivity contribution in [3.63, 3.8) is 0 Å². The van der Waals surface area contributed by atoms with Crippen LogP contribution in [0.4, 0.5) is 5.69 Å². The monoisotopic (exact) mass is 328 g/mol. The molecule has 0 saturated heterocycles. The van der Waals surface area contributed by atoms with Gasteiger partial charge in [0.2, 0.25) is 5.91 Å². The molecular weight excluding hydrogens is 308 g/mol. The van der Waals surface area contributed by atoms with E-state index < -0.39 is 0 Å². The second-order valence-electron chi connectivity index (χ2n) is 5.72. The van der Waals surface area contributed by atoms with Gasteiger partial charge in [0.1, 0.15) is 11.5 Å². The van der Waals surface area contributed by atoms with Crippen molar-refractivity contribution in [3.05, 3.63) is 48.4 Å². The maximum atomic E-state index is 12.2. The van der Waals surface area contributed by atoms with Gasteiger partial charge in [0.05, 0.1) is 6.26 Å². The first-order chi connectivity index (χ1) is 11.7. The van der Waals surface area contributed by atoms with E-state index in [4.69, 9.17) is 9.15 Å².